The summed E-state index contributed by atoms with van der Waals surface area (Å²) in [7, 11) is 0. The van der Waals surface area contributed by atoms with Crippen molar-refractivity contribution in [3.8, 4) is 0 Å². The van der Waals surface area contributed by atoms with E-state index in [-0.39, 0.29) is 0 Å². The summed E-state index contributed by atoms with van der Waals surface area (Å²) in [5.74, 6) is 0.799. The van der Waals surface area contributed by atoms with Gasteiger partial charge in [-0.15, -0.1) is 0 Å². The third-order valence-corrected chi connectivity index (χ3v) is 2.94. The molecule has 0 fully saturated rings. The Labute approximate surface area is 71.9 Å². The van der Waals surface area contributed by atoms with Crippen LogP contribution in [0.5, 0.6) is 0 Å². The number of rotatable bonds is 2. The maximum absolute atomic E-state index is 2.31. The van der Waals surface area contributed by atoms with Crippen LogP contribution in [-0.4, -0.2) is 0 Å². The summed E-state index contributed by atoms with van der Waals surface area (Å²) < 4.78 is 1.61. The van der Waals surface area contributed by atoms with Gasteiger partial charge in [-0.05, 0) is 0 Å². The third-order valence-electron chi connectivity index (χ3n) is 1.62. The molecule has 0 saturated heterocycles. The summed E-state index contributed by atoms with van der Waals surface area (Å²) in [5, 5.41) is 0. The molecule has 1 rings (SSSR count). The zero-order valence-corrected chi connectivity index (χ0v) is 8.18. The van der Waals surface area contributed by atoms with E-state index in [1.165, 1.54) is 12.8 Å². The molecule has 1 aliphatic rings. The molecule has 0 N–H and O–H groups in total. The Morgan fingerprint density at radius 3 is 2.89 bits per heavy atom. The van der Waals surface area contributed by atoms with Crippen LogP contribution in [0.1, 0.15) is 19.8 Å². The van der Waals surface area contributed by atoms with Crippen LogP contribution in [0.25, 0.3) is 0 Å². The quantitative estimate of drug-likeness (QED) is 0.639. The maximum atomic E-state index is 2.31. The topological polar surface area (TPSA) is 0 Å². The Morgan fingerprint density at radius 1 is 1.67 bits per heavy atom. The van der Waals surface area contributed by atoms with E-state index in [0.717, 1.165) is 5.92 Å². The van der Waals surface area contributed by atoms with E-state index in [1.54, 1.807) is 28.0 Å². The minimum atomic E-state index is 0.799. The fourth-order valence-corrected chi connectivity index (χ4v) is 1.91. The van der Waals surface area contributed by atoms with Gasteiger partial charge in [0.1, 0.15) is 0 Å². The second-order valence-corrected chi connectivity index (χ2v) is 3.82. The predicted octanol–water partition coefficient (Wildman–Crippen LogP) is 2.40. The van der Waals surface area contributed by atoms with Gasteiger partial charge in [-0.1, -0.05) is 0 Å². The Morgan fingerprint density at radius 2 is 2.44 bits per heavy atom. The van der Waals surface area contributed by atoms with Gasteiger partial charge >= 0.3 is 71.9 Å². The molecule has 47 valence electrons. The van der Waals surface area contributed by atoms with Crippen molar-refractivity contribution in [2.24, 2.45) is 5.92 Å². The van der Waals surface area contributed by atoms with Crippen molar-refractivity contribution >= 4 is 0 Å². The molecular formula is C8H11Zr. The molecule has 0 aromatic rings. The van der Waals surface area contributed by atoms with Gasteiger partial charge < -0.3 is 0 Å². The van der Waals surface area contributed by atoms with Gasteiger partial charge in [-0.25, -0.2) is 0 Å². The first-order valence-corrected chi connectivity index (χ1v) is 4.67. The molecule has 1 heteroatoms. The first-order valence-electron chi connectivity index (χ1n) is 3.44. The van der Waals surface area contributed by atoms with Gasteiger partial charge in [0.05, 0.1) is 0 Å². The van der Waals surface area contributed by atoms with Crippen LogP contribution in [-0.2, 0) is 24.7 Å². The van der Waals surface area contributed by atoms with Gasteiger partial charge in [0.2, 0.25) is 0 Å². The van der Waals surface area contributed by atoms with Gasteiger partial charge in [0, 0.05) is 0 Å². The van der Waals surface area contributed by atoms with Crippen molar-refractivity contribution in [3.05, 3.63) is 21.5 Å². The average Bonchev–Trinajstić information content (AvgIpc) is 2.18. The molecule has 9 heavy (non-hydrogen) atoms. The summed E-state index contributed by atoms with van der Waals surface area (Å²) in [6, 6.07) is 0. The number of hydrogen-bond acceptors (Lipinski definition) is 0. The second-order valence-electron chi connectivity index (χ2n) is 2.40. The van der Waals surface area contributed by atoms with Crippen molar-refractivity contribution < 1.29 is 24.7 Å². The van der Waals surface area contributed by atoms with E-state index in [2.05, 4.69) is 25.2 Å². The van der Waals surface area contributed by atoms with Crippen LogP contribution < -0.4 is 0 Å². The molecule has 1 unspecified atom stereocenters. The Bertz CT molecular complexity index is 145. The van der Waals surface area contributed by atoms with Crippen molar-refractivity contribution in [1.82, 2.24) is 0 Å². The molecule has 0 spiro atoms. The van der Waals surface area contributed by atoms with Crippen LogP contribution >= 0.6 is 0 Å². The fraction of sp³-hybridized carbons (Fsp3) is 0.500. The van der Waals surface area contributed by atoms with Crippen LogP contribution in [0.15, 0.2) is 21.5 Å². The monoisotopic (exact) mass is 197 g/mol. The van der Waals surface area contributed by atoms with E-state index in [0.29, 0.717) is 0 Å². The van der Waals surface area contributed by atoms with Crippen LogP contribution in [0.2, 0.25) is 0 Å². The van der Waals surface area contributed by atoms with Gasteiger partial charge in [-0.2, -0.15) is 0 Å². The molecule has 0 heterocycles. The van der Waals surface area contributed by atoms with E-state index >= 15 is 0 Å². The molecule has 0 aliphatic heterocycles. The fourth-order valence-electron chi connectivity index (χ4n) is 1.08. The van der Waals surface area contributed by atoms with Crippen molar-refractivity contribution in [3.63, 3.8) is 0 Å². The zero-order chi connectivity index (χ0) is 6.69. The normalized spacial score (nSPS) is 24.4. The predicted molar refractivity (Wildman–Crippen MR) is 35.6 cm³/mol. The molecule has 0 amide bonds. The Kier molecular flexibility index (Phi) is 2.91. The van der Waals surface area contributed by atoms with E-state index in [4.69, 9.17) is 0 Å². The zero-order valence-electron chi connectivity index (χ0n) is 5.72. The summed E-state index contributed by atoms with van der Waals surface area (Å²) in [6.45, 7) is 2.25. The molecule has 0 bridgehead atoms. The van der Waals surface area contributed by atoms with Gasteiger partial charge in [0.15, 0.2) is 0 Å². The molecule has 0 aromatic carbocycles. The van der Waals surface area contributed by atoms with Gasteiger partial charge in [-0.3, -0.25) is 0 Å². The van der Waals surface area contributed by atoms with Crippen LogP contribution in [0, 0.1) is 5.92 Å². The summed E-state index contributed by atoms with van der Waals surface area (Å²) in [4.78, 5) is 0. The Hall–Kier alpha value is 0.363. The molecule has 0 aromatic heterocycles. The van der Waals surface area contributed by atoms with E-state index in [1.807, 2.05) is 0 Å². The molecule has 1 aliphatic carbocycles. The molecule has 0 nitrogen and oxygen atoms in total. The average molecular weight is 198 g/mol. The van der Waals surface area contributed by atoms with Crippen molar-refractivity contribution in [2.45, 2.75) is 19.8 Å². The van der Waals surface area contributed by atoms with Gasteiger partial charge in [0.25, 0.3) is 0 Å². The van der Waals surface area contributed by atoms with E-state index < -0.39 is 0 Å². The van der Waals surface area contributed by atoms with Crippen molar-refractivity contribution in [2.75, 3.05) is 0 Å². The van der Waals surface area contributed by atoms with Crippen LogP contribution in [0.4, 0.5) is 0 Å². The summed E-state index contributed by atoms with van der Waals surface area (Å²) >= 11 is 1.59. The molecule has 0 radical (unpaired) electrons. The third kappa shape index (κ3) is 1.90. The number of allylic oxidation sites excluding steroid dienone is 4. The van der Waals surface area contributed by atoms with Crippen LogP contribution in [0.3, 0.4) is 0 Å². The molecule has 1 atom stereocenters. The van der Waals surface area contributed by atoms with E-state index in [9.17, 15) is 0 Å². The number of hydrogen-bond donors (Lipinski definition) is 0. The minimum absolute atomic E-state index is 0.799. The molecular weight excluding hydrogens is 187 g/mol. The molecule has 0 saturated carbocycles. The standard InChI is InChI=1S/C8H11.Zr/c1-2-5-8-6-3-4-7-8;/h3-4,6,8H,2,5H2,1H3;. The first-order chi connectivity index (χ1) is 4.34. The Balaban J connectivity index is 2.43. The SMILES string of the molecule is CCCC1C=CC=[C]1[Zr]. The van der Waals surface area contributed by atoms with Crippen molar-refractivity contribution in [1.29, 1.82) is 0 Å². The summed E-state index contributed by atoms with van der Waals surface area (Å²) in [6.07, 6.45) is 9.39. The summed E-state index contributed by atoms with van der Waals surface area (Å²) in [5.41, 5.74) is 0. The first kappa shape index (κ1) is 7.47. The second kappa shape index (κ2) is 3.51.